The standard InChI is InChI=1S/C14H16N4O3/c1-9-6-16-14(20)18(7-9)8-13(19)17-11-4-3-10(15)5-12(11)21-2/h3-7H,8,15H2,1-2H3,(H,17,19). The lowest BCUT2D eigenvalue weighted by molar-refractivity contribution is -0.116. The van der Waals surface area contributed by atoms with Gasteiger partial charge in [0.1, 0.15) is 12.3 Å². The van der Waals surface area contributed by atoms with Gasteiger partial charge in [-0.2, -0.15) is 0 Å². The van der Waals surface area contributed by atoms with Gasteiger partial charge in [0.25, 0.3) is 0 Å². The average molecular weight is 288 g/mol. The highest BCUT2D eigenvalue weighted by Gasteiger charge is 2.09. The molecule has 7 heteroatoms. The summed E-state index contributed by atoms with van der Waals surface area (Å²) in [4.78, 5) is 27.2. The van der Waals surface area contributed by atoms with Gasteiger partial charge in [0.2, 0.25) is 5.91 Å². The van der Waals surface area contributed by atoms with Crippen molar-refractivity contribution >= 4 is 17.3 Å². The summed E-state index contributed by atoms with van der Waals surface area (Å²) in [6.07, 6.45) is 3.04. The van der Waals surface area contributed by atoms with Crippen molar-refractivity contribution in [2.24, 2.45) is 0 Å². The predicted molar refractivity (Wildman–Crippen MR) is 79.3 cm³/mol. The molecule has 0 saturated carbocycles. The van der Waals surface area contributed by atoms with Crippen LogP contribution in [-0.4, -0.2) is 22.6 Å². The number of hydrogen-bond donors (Lipinski definition) is 2. The Balaban J connectivity index is 2.15. The van der Waals surface area contributed by atoms with Crippen molar-refractivity contribution in [2.45, 2.75) is 13.5 Å². The van der Waals surface area contributed by atoms with E-state index in [9.17, 15) is 9.59 Å². The van der Waals surface area contributed by atoms with Gasteiger partial charge >= 0.3 is 5.69 Å². The molecule has 0 unspecified atom stereocenters. The molecule has 1 amide bonds. The Hall–Kier alpha value is -2.83. The van der Waals surface area contributed by atoms with Crippen molar-refractivity contribution in [3.05, 3.63) is 46.6 Å². The lowest BCUT2D eigenvalue weighted by Crippen LogP contribution is -2.29. The Morgan fingerprint density at radius 2 is 2.24 bits per heavy atom. The first kappa shape index (κ1) is 14.6. The van der Waals surface area contributed by atoms with E-state index in [4.69, 9.17) is 10.5 Å². The zero-order chi connectivity index (χ0) is 15.4. The quantitative estimate of drug-likeness (QED) is 0.810. The van der Waals surface area contributed by atoms with E-state index in [0.717, 1.165) is 5.56 Å². The topological polar surface area (TPSA) is 99.2 Å². The van der Waals surface area contributed by atoms with Crippen LogP contribution in [0.4, 0.5) is 11.4 Å². The van der Waals surface area contributed by atoms with E-state index in [-0.39, 0.29) is 12.5 Å². The number of aryl methyl sites for hydroxylation is 1. The number of rotatable bonds is 4. The van der Waals surface area contributed by atoms with Crippen molar-refractivity contribution in [3.63, 3.8) is 0 Å². The molecule has 1 aromatic carbocycles. The zero-order valence-electron chi connectivity index (χ0n) is 11.8. The molecule has 0 atom stereocenters. The number of nitrogens with two attached hydrogens (primary N) is 1. The summed E-state index contributed by atoms with van der Waals surface area (Å²) in [6.45, 7) is 1.67. The van der Waals surface area contributed by atoms with Gasteiger partial charge in [0.05, 0.1) is 12.8 Å². The molecule has 1 heterocycles. The lowest BCUT2D eigenvalue weighted by atomic mass is 10.2. The summed E-state index contributed by atoms with van der Waals surface area (Å²) in [5, 5.41) is 2.68. The monoisotopic (exact) mass is 288 g/mol. The van der Waals surface area contributed by atoms with Crippen LogP contribution in [0.5, 0.6) is 5.75 Å². The van der Waals surface area contributed by atoms with Gasteiger partial charge in [-0.1, -0.05) is 0 Å². The fraction of sp³-hybridized carbons (Fsp3) is 0.214. The van der Waals surface area contributed by atoms with Gasteiger partial charge in [-0.25, -0.2) is 9.78 Å². The molecule has 21 heavy (non-hydrogen) atoms. The normalized spacial score (nSPS) is 10.2. The molecule has 0 saturated heterocycles. The minimum atomic E-state index is -0.472. The summed E-state index contributed by atoms with van der Waals surface area (Å²) in [6, 6.07) is 4.90. The first-order valence-corrected chi connectivity index (χ1v) is 6.26. The molecule has 0 spiro atoms. The van der Waals surface area contributed by atoms with Gasteiger partial charge in [-0.15, -0.1) is 0 Å². The molecule has 2 rings (SSSR count). The maximum atomic E-state index is 12.0. The molecule has 7 nitrogen and oxygen atoms in total. The van der Waals surface area contributed by atoms with E-state index in [0.29, 0.717) is 17.1 Å². The summed E-state index contributed by atoms with van der Waals surface area (Å²) >= 11 is 0. The van der Waals surface area contributed by atoms with Gasteiger partial charge < -0.3 is 15.8 Å². The Bertz CT molecular complexity index is 724. The second-order valence-corrected chi connectivity index (χ2v) is 4.55. The molecule has 0 radical (unpaired) electrons. The number of nitrogen functional groups attached to an aromatic ring is 1. The third kappa shape index (κ3) is 3.59. The van der Waals surface area contributed by atoms with E-state index in [1.165, 1.54) is 17.9 Å². The summed E-state index contributed by atoms with van der Waals surface area (Å²) in [5.41, 5.74) is 7.00. The number of ether oxygens (including phenoxy) is 1. The van der Waals surface area contributed by atoms with Crippen molar-refractivity contribution < 1.29 is 9.53 Å². The number of benzene rings is 1. The molecule has 0 bridgehead atoms. The number of amides is 1. The summed E-state index contributed by atoms with van der Waals surface area (Å²) < 4.78 is 6.39. The van der Waals surface area contributed by atoms with Gasteiger partial charge in [-0.3, -0.25) is 9.36 Å². The summed E-state index contributed by atoms with van der Waals surface area (Å²) in [5.74, 6) is 0.102. The molecule has 1 aromatic heterocycles. The highest BCUT2D eigenvalue weighted by Crippen LogP contribution is 2.26. The van der Waals surface area contributed by atoms with Crippen LogP contribution in [0, 0.1) is 6.92 Å². The van der Waals surface area contributed by atoms with Crippen molar-refractivity contribution in [1.82, 2.24) is 9.55 Å². The highest BCUT2D eigenvalue weighted by atomic mass is 16.5. The Morgan fingerprint density at radius 1 is 1.48 bits per heavy atom. The van der Waals surface area contributed by atoms with Crippen LogP contribution in [0.1, 0.15) is 5.56 Å². The number of nitrogens with one attached hydrogen (secondary N) is 1. The van der Waals surface area contributed by atoms with E-state index >= 15 is 0 Å². The second-order valence-electron chi connectivity index (χ2n) is 4.55. The number of anilines is 2. The second kappa shape index (κ2) is 6.08. The molecular formula is C14H16N4O3. The van der Waals surface area contributed by atoms with E-state index in [1.807, 2.05) is 0 Å². The Labute approximate surface area is 121 Å². The van der Waals surface area contributed by atoms with Crippen LogP contribution in [0.15, 0.2) is 35.4 Å². The predicted octanol–water partition coefficient (Wildman–Crippen LogP) is 0.781. The molecule has 3 N–H and O–H groups in total. The Morgan fingerprint density at radius 3 is 2.95 bits per heavy atom. The molecular weight excluding hydrogens is 272 g/mol. The van der Waals surface area contributed by atoms with E-state index in [1.54, 1.807) is 31.3 Å². The Kier molecular flexibility index (Phi) is 4.22. The van der Waals surface area contributed by atoms with Crippen LogP contribution in [0.25, 0.3) is 0 Å². The number of carbonyl (C=O) groups is 1. The van der Waals surface area contributed by atoms with Crippen LogP contribution in [0.3, 0.4) is 0 Å². The molecule has 0 fully saturated rings. The van der Waals surface area contributed by atoms with E-state index < -0.39 is 5.69 Å². The molecule has 0 aliphatic carbocycles. The minimum Gasteiger partial charge on any atom is -0.494 e. The fourth-order valence-corrected chi connectivity index (χ4v) is 1.83. The number of methoxy groups -OCH3 is 1. The average Bonchev–Trinajstić information content (AvgIpc) is 2.44. The number of aromatic nitrogens is 2. The van der Waals surface area contributed by atoms with E-state index in [2.05, 4.69) is 10.3 Å². The van der Waals surface area contributed by atoms with Crippen molar-refractivity contribution in [1.29, 1.82) is 0 Å². The minimum absolute atomic E-state index is 0.124. The van der Waals surface area contributed by atoms with Crippen LogP contribution >= 0.6 is 0 Å². The van der Waals surface area contributed by atoms with Gasteiger partial charge in [0.15, 0.2) is 0 Å². The largest absolute Gasteiger partial charge is 0.494 e. The maximum Gasteiger partial charge on any atom is 0.347 e. The third-order valence-electron chi connectivity index (χ3n) is 2.80. The smallest absolute Gasteiger partial charge is 0.347 e. The van der Waals surface area contributed by atoms with Crippen LogP contribution in [-0.2, 0) is 11.3 Å². The zero-order valence-corrected chi connectivity index (χ0v) is 11.8. The van der Waals surface area contributed by atoms with Gasteiger partial charge in [0, 0.05) is 24.1 Å². The summed E-state index contributed by atoms with van der Waals surface area (Å²) in [7, 11) is 1.49. The number of hydrogen-bond acceptors (Lipinski definition) is 5. The molecule has 110 valence electrons. The van der Waals surface area contributed by atoms with Crippen LogP contribution < -0.4 is 21.5 Å². The van der Waals surface area contributed by atoms with Crippen molar-refractivity contribution in [3.8, 4) is 5.75 Å². The lowest BCUT2D eigenvalue weighted by Gasteiger charge is -2.11. The van der Waals surface area contributed by atoms with Crippen LogP contribution in [0.2, 0.25) is 0 Å². The van der Waals surface area contributed by atoms with Gasteiger partial charge in [-0.05, 0) is 24.6 Å². The van der Waals surface area contributed by atoms with Crippen molar-refractivity contribution in [2.75, 3.05) is 18.2 Å². The maximum absolute atomic E-state index is 12.0. The SMILES string of the molecule is COc1cc(N)ccc1NC(=O)Cn1cc(C)cnc1=O. The third-order valence-corrected chi connectivity index (χ3v) is 2.80. The molecule has 0 aliphatic rings. The molecule has 0 aliphatic heterocycles. The first-order valence-electron chi connectivity index (χ1n) is 6.26. The molecule has 2 aromatic rings. The number of nitrogens with zero attached hydrogens (tertiary/aromatic N) is 2. The first-order chi connectivity index (χ1) is 9.99. The fourth-order valence-electron chi connectivity index (χ4n) is 1.83. The highest BCUT2D eigenvalue weighted by molar-refractivity contribution is 5.92. The number of carbonyl (C=O) groups excluding carboxylic acids is 1.